The number of hydrogen-bond acceptors (Lipinski definition) is 3. The van der Waals surface area contributed by atoms with E-state index in [-0.39, 0.29) is 10.6 Å². The van der Waals surface area contributed by atoms with Crippen molar-refractivity contribution in [1.82, 2.24) is 0 Å². The summed E-state index contributed by atoms with van der Waals surface area (Å²) in [5.74, 6) is -0.421. The van der Waals surface area contributed by atoms with Gasteiger partial charge in [-0.1, -0.05) is 31.1 Å². The molecule has 2 rings (SSSR count). The first-order chi connectivity index (χ1) is 8.93. The average molecular weight is 282 g/mol. The summed E-state index contributed by atoms with van der Waals surface area (Å²) in [6, 6.07) is 4.74. The number of rotatable bonds is 4. The Morgan fingerprint density at radius 1 is 1.47 bits per heavy atom. The summed E-state index contributed by atoms with van der Waals surface area (Å²) in [5.41, 5.74) is 5.79. The molecule has 5 heteroatoms. The summed E-state index contributed by atoms with van der Waals surface area (Å²) in [7, 11) is 1.83. The molecule has 0 unspecified atom stereocenters. The van der Waals surface area contributed by atoms with E-state index in [1.807, 2.05) is 11.9 Å². The highest BCUT2D eigenvalue weighted by Crippen LogP contribution is 2.32. The molecule has 0 amide bonds. The predicted octanol–water partition coefficient (Wildman–Crippen LogP) is 2.20. The molecule has 0 spiro atoms. The minimum absolute atomic E-state index is 0.0401. The van der Waals surface area contributed by atoms with Crippen LogP contribution in [-0.4, -0.2) is 29.3 Å². The number of nitrogens with zero attached hydrogens (tertiary/aromatic N) is 1. The molecule has 1 aliphatic rings. The molecule has 0 atom stereocenters. The van der Waals surface area contributed by atoms with Crippen molar-refractivity contribution in [3.63, 3.8) is 0 Å². The normalized spacial score (nSPS) is 17.4. The molecule has 0 aromatic heterocycles. The SMILES string of the molecule is CN(CC1(O)CCCC1)c1cccc(F)c1C(N)=S. The Hall–Kier alpha value is -1.20. The number of halogens is 1. The molecule has 19 heavy (non-hydrogen) atoms. The Bertz CT molecular complexity index is 486. The van der Waals surface area contributed by atoms with Crippen molar-refractivity contribution in [2.75, 3.05) is 18.5 Å². The molecule has 1 fully saturated rings. The Morgan fingerprint density at radius 2 is 2.11 bits per heavy atom. The number of anilines is 1. The van der Waals surface area contributed by atoms with Crippen LogP contribution in [0.2, 0.25) is 0 Å². The van der Waals surface area contributed by atoms with Crippen LogP contribution in [-0.2, 0) is 0 Å². The molecule has 0 radical (unpaired) electrons. The van der Waals surface area contributed by atoms with Gasteiger partial charge in [0, 0.05) is 19.3 Å². The summed E-state index contributed by atoms with van der Waals surface area (Å²) in [5, 5.41) is 10.4. The molecule has 1 aliphatic carbocycles. The highest BCUT2D eigenvalue weighted by molar-refractivity contribution is 7.80. The first kappa shape index (κ1) is 14.2. The van der Waals surface area contributed by atoms with Crippen LogP contribution in [0.1, 0.15) is 31.2 Å². The van der Waals surface area contributed by atoms with Crippen LogP contribution in [0.5, 0.6) is 0 Å². The summed E-state index contributed by atoms with van der Waals surface area (Å²) in [6.07, 6.45) is 3.65. The summed E-state index contributed by atoms with van der Waals surface area (Å²) in [4.78, 5) is 1.88. The largest absolute Gasteiger partial charge is 0.389 e. The van der Waals surface area contributed by atoms with Crippen LogP contribution in [0.15, 0.2) is 18.2 Å². The number of nitrogens with two attached hydrogens (primary N) is 1. The second-order valence-electron chi connectivity index (χ2n) is 5.29. The van der Waals surface area contributed by atoms with Crippen molar-refractivity contribution >= 4 is 22.9 Å². The van der Waals surface area contributed by atoms with Gasteiger partial charge >= 0.3 is 0 Å². The quantitative estimate of drug-likeness (QED) is 0.831. The van der Waals surface area contributed by atoms with Crippen LogP contribution in [0.3, 0.4) is 0 Å². The van der Waals surface area contributed by atoms with E-state index in [2.05, 4.69) is 0 Å². The molecule has 0 saturated heterocycles. The maximum Gasteiger partial charge on any atom is 0.135 e. The van der Waals surface area contributed by atoms with Crippen molar-refractivity contribution in [2.24, 2.45) is 5.73 Å². The zero-order chi connectivity index (χ0) is 14.0. The lowest BCUT2D eigenvalue weighted by molar-refractivity contribution is 0.0559. The number of aliphatic hydroxyl groups is 1. The van der Waals surface area contributed by atoms with E-state index in [0.29, 0.717) is 12.2 Å². The van der Waals surface area contributed by atoms with Crippen molar-refractivity contribution in [2.45, 2.75) is 31.3 Å². The van der Waals surface area contributed by atoms with Gasteiger partial charge in [-0.25, -0.2) is 4.39 Å². The van der Waals surface area contributed by atoms with Gasteiger partial charge in [-0.2, -0.15) is 0 Å². The van der Waals surface area contributed by atoms with Crippen LogP contribution in [0.25, 0.3) is 0 Å². The molecule has 0 heterocycles. The van der Waals surface area contributed by atoms with Crippen LogP contribution < -0.4 is 10.6 Å². The lowest BCUT2D eigenvalue weighted by Gasteiger charge is -2.31. The van der Waals surface area contributed by atoms with Gasteiger partial charge in [0.05, 0.1) is 11.2 Å². The fourth-order valence-corrected chi connectivity index (χ4v) is 2.99. The third-order valence-corrected chi connectivity index (χ3v) is 3.92. The number of hydrogen-bond donors (Lipinski definition) is 2. The molecule has 1 aromatic rings. The number of likely N-dealkylation sites (N-methyl/N-ethyl adjacent to an activating group) is 1. The van der Waals surface area contributed by atoms with Crippen LogP contribution >= 0.6 is 12.2 Å². The standard InChI is InChI=1S/C14H19FN2OS/c1-17(9-14(18)7-2-3-8-14)11-6-4-5-10(15)12(11)13(16)19/h4-6,18H,2-3,7-9H2,1H3,(H2,16,19). The maximum absolute atomic E-state index is 13.8. The van der Waals surface area contributed by atoms with E-state index in [0.717, 1.165) is 25.7 Å². The monoisotopic (exact) mass is 282 g/mol. The molecular weight excluding hydrogens is 263 g/mol. The summed E-state index contributed by atoms with van der Waals surface area (Å²) < 4.78 is 13.8. The molecule has 0 bridgehead atoms. The minimum atomic E-state index is -0.686. The van der Waals surface area contributed by atoms with Crippen LogP contribution in [0, 0.1) is 5.82 Å². The van der Waals surface area contributed by atoms with Crippen molar-refractivity contribution in [3.8, 4) is 0 Å². The zero-order valence-corrected chi connectivity index (χ0v) is 11.8. The van der Waals surface area contributed by atoms with Crippen molar-refractivity contribution in [1.29, 1.82) is 0 Å². The van der Waals surface area contributed by atoms with Crippen LogP contribution in [0.4, 0.5) is 10.1 Å². The second kappa shape index (κ2) is 5.43. The lowest BCUT2D eigenvalue weighted by atomic mass is 10.0. The van der Waals surface area contributed by atoms with Gasteiger partial charge in [-0.15, -0.1) is 0 Å². The fraction of sp³-hybridized carbons (Fsp3) is 0.500. The van der Waals surface area contributed by atoms with Gasteiger partial charge in [0.1, 0.15) is 10.8 Å². The molecule has 3 N–H and O–H groups in total. The molecule has 0 aliphatic heterocycles. The Labute approximate surface area is 118 Å². The topological polar surface area (TPSA) is 49.5 Å². The molecule has 104 valence electrons. The van der Waals surface area contributed by atoms with E-state index >= 15 is 0 Å². The van der Waals surface area contributed by atoms with Gasteiger partial charge < -0.3 is 15.7 Å². The second-order valence-corrected chi connectivity index (χ2v) is 5.73. The Kier molecular flexibility index (Phi) is 4.06. The van der Waals surface area contributed by atoms with E-state index in [4.69, 9.17) is 18.0 Å². The van der Waals surface area contributed by atoms with E-state index in [9.17, 15) is 9.50 Å². The maximum atomic E-state index is 13.8. The highest BCUT2D eigenvalue weighted by Gasteiger charge is 2.33. The summed E-state index contributed by atoms with van der Waals surface area (Å²) in [6.45, 7) is 0.464. The van der Waals surface area contributed by atoms with Gasteiger partial charge in [-0.05, 0) is 25.0 Å². The molecular formula is C14H19FN2OS. The predicted molar refractivity (Wildman–Crippen MR) is 79.0 cm³/mol. The zero-order valence-electron chi connectivity index (χ0n) is 11.0. The van der Waals surface area contributed by atoms with E-state index < -0.39 is 11.4 Å². The average Bonchev–Trinajstić information content (AvgIpc) is 2.74. The highest BCUT2D eigenvalue weighted by atomic mass is 32.1. The van der Waals surface area contributed by atoms with Gasteiger partial charge in [0.25, 0.3) is 0 Å². The van der Waals surface area contributed by atoms with E-state index in [1.165, 1.54) is 6.07 Å². The number of thiocarbonyl (C=S) groups is 1. The Balaban J connectivity index is 2.26. The van der Waals surface area contributed by atoms with E-state index in [1.54, 1.807) is 12.1 Å². The smallest absolute Gasteiger partial charge is 0.135 e. The molecule has 1 aromatic carbocycles. The fourth-order valence-electron chi connectivity index (χ4n) is 2.79. The van der Waals surface area contributed by atoms with Gasteiger partial charge in [0.15, 0.2) is 0 Å². The minimum Gasteiger partial charge on any atom is -0.389 e. The number of benzene rings is 1. The molecule has 1 saturated carbocycles. The first-order valence-corrected chi connectivity index (χ1v) is 6.86. The Morgan fingerprint density at radius 3 is 2.68 bits per heavy atom. The van der Waals surface area contributed by atoms with Gasteiger partial charge in [0.2, 0.25) is 0 Å². The molecule has 3 nitrogen and oxygen atoms in total. The summed E-state index contributed by atoms with van der Waals surface area (Å²) >= 11 is 4.92. The van der Waals surface area contributed by atoms with Crippen molar-refractivity contribution < 1.29 is 9.50 Å². The third kappa shape index (κ3) is 3.04. The first-order valence-electron chi connectivity index (χ1n) is 6.45. The van der Waals surface area contributed by atoms with Gasteiger partial charge in [-0.3, -0.25) is 0 Å². The van der Waals surface area contributed by atoms with Crippen molar-refractivity contribution in [3.05, 3.63) is 29.6 Å². The lowest BCUT2D eigenvalue weighted by Crippen LogP contribution is -2.40. The third-order valence-electron chi connectivity index (χ3n) is 3.72.